The third-order valence-electron chi connectivity index (χ3n) is 8.70. The molecule has 0 aromatic heterocycles. The molecule has 200 valence electrons. The van der Waals surface area contributed by atoms with Gasteiger partial charge in [0.1, 0.15) is 5.67 Å². The first kappa shape index (κ1) is 25.9. The van der Waals surface area contributed by atoms with Crippen molar-refractivity contribution in [2.45, 2.75) is 69.9 Å². The van der Waals surface area contributed by atoms with E-state index in [2.05, 4.69) is 6.58 Å². The molecule has 3 fully saturated rings. The summed E-state index contributed by atoms with van der Waals surface area (Å²) in [6.07, 6.45) is 2.73. The number of aliphatic hydroxyl groups excluding tert-OH is 1. The number of ether oxygens (including phenoxy) is 1. The van der Waals surface area contributed by atoms with Gasteiger partial charge in [-0.1, -0.05) is 13.0 Å². The quantitative estimate of drug-likeness (QED) is 0.447. The molecule has 1 aromatic carbocycles. The minimum atomic E-state index is -1.73. The Morgan fingerprint density at radius 2 is 2.08 bits per heavy atom. The molecule has 4 aliphatic heterocycles. The van der Waals surface area contributed by atoms with Crippen LogP contribution in [0.1, 0.15) is 52.0 Å². The SMILES string of the molecule is C=CCN1C(=O)[C@@]2(O[C@@H](CC(=O)N3CCC[C@H]3CO)[C@H](C(C)(C)F)[C@H]2C)c2cc(N3CCC3=O)ccc21. The number of amides is 3. The van der Waals surface area contributed by atoms with E-state index in [0.29, 0.717) is 36.4 Å². The minimum absolute atomic E-state index is 0.0111. The highest BCUT2D eigenvalue weighted by molar-refractivity contribution is 6.09. The summed E-state index contributed by atoms with van der Waals surface area (Å²) in [7, 11) is 0. The highest BCUT2D eigenvalue weighted by Gasteiger charge is 2.66. The normalized spacial score (nSPS) is 31.3. The standard InChI is InChI=1S/C28H36FN3O5/c1-5-11-32-21-9-8-18(31-13-10-23(31)34)14-20(21)28(26(32)36)17(2)25(27(3,4)29)22(37-28)15-24(35)30-12-6-7-19(30)16-33/h5,8-9,14,17,19,22,25,33H,1,6-7,10-13,15-16H2,2-4H3/t17-,19+,22+,25-,28+/m1/s1. The van der Waals surface area contributed by atoms with Crippen LogP contribution in [0.3, 0.4) is 0 Å². The van der Waals surface area contributed by atoms with Crippen LogP contribution in [0.25, 0.3) is 0 Å². The molecule has 0 saturated carbocycles. The molecule has 0 unspecified atom stereocenters. The number of benzene rings is 1. The minimum Gasteiger partial charge on any atom is -0.394 e. The summed E-state index contributed by atoms with van der Waals surface area (Å²) in [6.45, 7) is 9.84. The summed E-state index contributed by atoms with van der Waals surface area (Å²) in [5, 5.41) is 9.70. The lowest BCUT2D eigenvalue weighted by Gasteiger charge is -2.33. The smallest absolute Gasteiger partial charge is 0.264 e. The zero-order valence-electron chi connectivity index (χ0n) is 21.8. The first-order chi connectivity index (χ1) is 17.5. The van der Waals surface area contributed by atoms with E-state index in [1.807, 2.05) is 25.1 Å². The molecule has 5 atom stereocenters. The number of hydrogen-bond donors (Lipinski definition) is 1. The van der Waals surface area contributed by atoms with Crippen molar-refractivity contribution in [3.8, 4) is 0 Å². The van der Waals surface area contributed by atoms with Crippen molar-refractivity contribution < 1.29 is 28.6 Å². The zero-order valence-corrected chi connectivity index (χ0v) is 21.8. The van der Waals surface area contributed by atoms with Crippen molar-refractivity contribution in [3.63, 3.8) is 0 Å². The summed E-state index contributed by atoms with van der Waals surface area (Å²) < 4.78 is 22.4. The van der Waals surface area contributed by atoms with E-state index < -0.39 is 29.2 Å². The van der Waals surface area contributed by atoms with E-state index in [9.17, 15) is 19.5 Å². The number of halogens is 1. The Hall–Kier alpha value is -2.78. The molecule has 0 aliphatic carbocycles. The van der Waals surface area contributed by atoms with Crippen LogP contribution >= 0.6 is 0 Å². The molecule has 4 heterocycles. The fourth-order valence-corrected chi connectivity index (χ4v) is 6.94. The molecule has 1 aromatic rings. The number of rotatable bonds is 7. The van der Waals surface area contributed by atoms with Crippen molar-refractivity contribution in [1.29, 1.82) is 0 Å². The molecule has 8 nitrogen and oxygen atoms in total. The molecule has 3 saturated heterocycles. The number of alkyl halides is 1. The lowest BCUT2D eigenvalue weighted by Crippen LogP contribution is -2.46. The van der Waals surface area contributed by atoms with Gasteiger partial charge in [-0.25, -0.2) is 4.39 Å². The van der Waals surface area contributed by atoms with Crippen LogP contribution in [-0.4, -0.2) is 71.8 Å². The molecule has 0 radical (unpaired) electrons. The van der Waals surface area contributed by atoms with Gasteiger partial charge < -0.3 is 24.5 Å². The summed E-state index contributed by atoms with van der Waals surface area (Å²) in [5.41, 5.74) is -1.29. The van der Waals surface area contributed by atoms with Crippen molar-refractivity contribution in [1.82, 2.24) is 4.90 Å². The molecule has 4 aliphatic rings. The Labute approximate surface area is 217 Å². The van der Waals surface area contributed by atoms with Crippen LogP contribution in [0.4, 0.5) is 15.8 Å². The van der Waals surface area contributed by atoms with Gasteiger partial charge in [0, 0.05) is 49.1 Å². The molecule has 0 bridgehead atoms. The monoisotopic (exact) mass is 513 g/mol. The topological polar surface area (TPSA) is 90.4 Å². The van der Waals surface area contributed by atoms with E-state index in [1.54, 1.807) is 20.8 Å². The first-order valence-electron chi connectivity index (χ1n) is 13.2. The summed E-state index contributed by atoms with van der Waals surface area (Å²) in [4.78, 5) is 44.5. The van der Waals surface area contributed by atoms with Crippen LogP contribution in [0, 0.1) is 11.8 Å². The van der Waals surface area contributed by atoms with E-state index in [4.69, 9.17) is 4.74 Å². The highest BCUT2D eigenvalue weighted by atomic mass is 19.1. The Morgan fingerprint density at radius 1 is 1.32 bits per heavy atom. The van der Waals surface area contributed by atoms with Gasteiger partial charge in [0.25, 0.3) is 5.91 Å². The van der Waals surface area contributed by atoms with E-state index in [-0.39, 0.29) is 43.3 Å². The van der Waals surface area contributed by atoms with Gasteiger partial charge in [-0.2, -0.15) is 0 Å². The zero-order chi connectivity index (χ0) is 26.7. The maximum Gasteiger partial charge on any atom is 0.264 e. The molecule has 1 spiro atoms. The number of carbonyl (C=O) groups excluding carboxylic acids is 3. The number of nitrogens with zero attached hydrogens (tertiary/aromatic N) is 3. The van der Waals surface area contributed by atoms with E-state index >= 15 is 4.39 Å². The fraction of sp³-hybridized carbons (Fsp3) is 0.607. The number of aliphatic hydroxyl groups is 1. The van der Waals surface area contributed by atoms with Gasteiger partial charge in [-0.15, -0.1) is 6.58 Å². The van der Waals surface area contributed by atoms with Crippen LogP contribution in [0.5, 0.6) is 0 Å². The average Bonchev–Trinajstić information content (AvgIpc) is 3.49. The Balaban J connectivity index is 1.56. The number of hydrogen-bond acceptors (Lipinski definition) is 5. The number of β-lactam (4-membered cyclic amide) rings is 1. The maximum absolute atomic E-state index is 15.8. The fourth-order valence-electron chi connectivity index (χ4n) is 6.94. The Morgan fingerprint density at radius 3 is 2.68 bits per heavy atom. The Bertz CT molecular complexity index is 1130. The van der Waals surface area contributed by atoms with Crippen molar-refractivity contribution >= 4 is 29.1 Å². The van der Waals surface area contributed by atoms with Crippen LogP contribution in [0.15, 0.2) is 30.9 Å². The summed E-state index contributed by atoms with van der Waals surface area (Å²) >= 11 is 0. The number of carbonyl (C=O) groups is 3. The van der Waals surface area contributed by atoms with Crippen LogP contribution < -0.4 is 9.80 Å². The average molecular weight is 514 g/mol. The van der Waals surface area contributed by atoms with Gasteiger partial charge in [-0.05, 0) is 44.9 Å². The summed E-state index contributed by atoms with van der Waals surface area (Å²) in [5.74, 6) is -1.81. The molecule has 5 rings (SSSR count). The molecule has 3 amide bonds. The second kappa shape index (κ2) is 9.20. The Kier molecular flexibility index (Phi) is 6.43. The summed E-state index contributed by atoms with van der Waals surface area (Å²) in [6, 6.07) is 5.20. The third kappa shape index (κ3) is 3.89. The van der Waals surface area contributed by atoms with Gasteiger partial charge >= 0.3 is 0 Å². The second-order valence-electron chi connectivity index (χ2n) is 11.2. The maximum atomic E-state index is 15.8. The van der Waals surface area contributed by atoms with E-state index in [0.717, 1.165) is 12.8 Å². The molecule has 1 N–H and O–H groups in total. The van der Waals surface area contributed by atoms with Gasteiger partial charge in [0.2, 0.25) is 11.8 Å². The number of fused-ring (bicyclic) bond motifs is 2. The van der Waals surface area contributed by atoms with Gasteiger partial charge in [0.05, 0.1) is 30.9 Å². The van der Waals surface area contributed by atoms with Gasteiger partial charge in [-0.3, -0.25) is 14.4 Å². The third-order valence-corrected chi connectivity index (χ3v) is 8.70. The van der Waals surface area contributed by atoms with Crippen LogP contribution in [0.2, 0.25) is 0 Å². The first-order valence-corrected chi connectivity index (χ1v) is 13.2. The van der Waals surface area contributed by atoms with E-state index in [1.165, 1.54) is 13.8 Å². The van der Waals surface area contributed by atoms with Gasteiger partial charge in [0.15, 0.2) is 5.60 Å². The van der Waals surface area contributed by atoms with Crippen molar-refractivity contribution in [3.05, 3.63) is 36.4 Å². The second-order valence-corrected chi connectivity index (χ2v) is 11.2. The van der Waals surface area contributed by atoms with Crippen LogP contribution in [-0.2, 0) is 24.7 Å². The lowest BCUT2D eigenvalue weighted by molar-refractivity contribution is -0.150. The predicted octanol–water partition coefficient (Wildman–Crippen LogP) is 2.92. The molecular formula is C28H36FN3O5. The predicted molar refractivity (Wildman–Crippen MR) is 137 cm³/mol. The van der Waals surface area contributed by atoms with Crippen molar-refractivity contribution in [2.24, 2.45) is 11.8 Å². The molecule has 37 heavy (non-hydrogen) atoms. The van der Waals surface area contributed by atoms with Crippen molar-refractivity contribution in [2.75, 3.05) is 36.0 Å². The molecule has 9 heteroatoms. The number of likely N-dealkylation sites (tertiary alicyclic amines) is 1. The molecular weight excluding hydrogens is 477 g/mol. The number of anilines is 2. The highest BCUT2D eigenvalue weighted by Crippen LogP contribution is 2.59. The largest absolute Gasteiger partial charge is 0.394 e. The lowest BCUT2D eigenvalue weighted by atomic mass is 9.71.